The van der Waals surface area contributed by atoms with Gasteiger partial charge in [-0.3, -0.25) is 14.6 Å². The molecular formula is C45H51F2N5O11. The Hall–Kier alpha value is -7.18. The Morgan fingerprint density at radius 1 is 0.651 bits per heavy atom. The van der Waals surface area contributed by atoms with Crippen LogP contribution >= 0.6 is 0 Å². The molecule has 2 unspecified atom stereocenters. The molecule has 2 aliphatic heterocycles. The molecule has 16 nitrogen and oxygen atoms in total. The smallest absolute Gasteiger partial charge is 0.335 e. The molecule has 0 spiro atoms. The minimum Gasteiger partial charge on any atom is -0.493 e. The first-order valence-corrected chi connectivity index (χ1v) is 19.4. The van der Waals surface area contributed by atoms with Crippen molar-refractivity contribution in [1.29, 1.82) is 0 Å². The zero-order valence-electron chi connectivity index (χ0n) is 35.6. The van der Waals surface area contributed by atoms with Gasteiger partial charge in [0.15, 0.2) is 28.8 Å². The van der Waals surface area contributed by atoms with E-state index >= 15 is 0 Å². The normalized spacial score (nSPS) is 15.5. The van der Waals surface area contributed by atoms with Crippen LogP contribution in [0.15, 0.2) is 96.3 Å². The SMILES string of the molecule is COc1cc(C)c(CC(=O)C2=CN(CCO)C(=O)NC2c2ccc(F)cc2)cc1OC.COc1cc(C)c(N)cc1OC.O=C(O)C1=CN(CCO)C(=O)NC1c1ccc(F)cc1. The monoisotopic (exact) mass is 875 g/mol. The van der Waals surface area contributed by atoms with E-state index in [2.05, 4.69) is 10.6 Å². The van der Waals surface area contributed by atoms with E-state index in [0.29, 0.717) is 45.4 Å². The number of aliphatic hydroxyl groups is 2. The van der Waals surface area contributed by atoms with Gasteiger partial charge in [0.2, 0.25) is 0 Å². The number of rotatable bonds is 14. The lowest BCUT2D eigenvalue weighted by Crippen LogP contribution is -2.46. The maximum Gasteiger partial charge on any atom is 0.335 e. The highest BCUT2D eigenvalue weighted by molar-refractivity contribution is 6.00. The number of anilines is 1. The van der Waals surface area contributed by atoms with Crippen molar-refractivity contribution in [3.63, 3.8) is 0 Å². The number of ether oxygens (including phenoxy) is 4. The number of aryl methyl sites for hydroxylation is 2. The third kappa shape index (κ3) is 12.5. The van der Waals surface area contributed by atoms with Crippen LogP contribution in [0.3, 0.4) is 0 Å². The highest BCUT2D eigenvalue weighted by atomic mass is 19.1. The van der Waals surface area contributed by atoms with Gasteiger partial charge >= 0.3 is 18.0 Å². The number of carbonyl (C=O) groups is 4. The summed E-state index contributed by atoms with van der Waals surface area (Å²) in [7, 11) is 6.26. The van der Waals surface area contributed by atoms with Crippen LogP contribution in [0.5, 0.6) is 23.0 Å². The zero-order chi connectivity index (χ0) is 46.4. The maximum absolute atomic E-state index is 13.4. The lowest BCUT2D eigenvalue weighted by molar-refractivity contribution is -0.133. The van der Waals surface area contributed by atoms with Gasteiger partial charge in [-0.1, -0.05) is 24.3 Å². The largest absolute Gasteiger partial charge is 0.493 e. The van der Waals surface area contributed by atoms with Crippen LogP contribution in [0, 0.1) is 25.5 Å². The number of urea groups is 2. The third-order valence-electron chi connectivity index (χ3n) is 9.89. The Balaban J connectivity index is 0.000000232. The molecule has 63 heavy (non-hydrogen) atoms. The van der Waals surface area contributed by atoms with E-state index in [1.807, 2.05) is 19.9 Å². The molecule has 0 radical (unpaired) electrons. The van der Waals surface area contributed by atoms with Gasteiger partial charge in [-0.2, -0.15) is 0 Å². The molecule has 4 aromatic carbocycles. The van der Waals surface area contributed by atoms with Crippen LogP contribution in [0.4, 0.5) is 24.1 Å². The number of hydrogen-bond donors (Lipinski definition) is 6. The van der Waals surface area contributed by atoms with Gasteiger partial charge in [0.25, 0.3) is 0 Å². The second-order valence-corrected chi connectivity index (χ2v) is 14.0. The molecule has 0 aliphatic carbocycles. The molecule has 0 fully saturated rings. The number of ketones is 1. The van der Waals surface area contributed by atoms with E-state index in [0.717, 1.165) is 21.6 Å². The number of carbonyl (C=O) groups excluding carboxylic acids is 3. The summed E-state index contributed by atoms with van der Waals surface area (Å²) in [5.74, 6) is 0.196. The van der Waals surface area contributed by atoms with Crippen molar-refractivity contribution in [2.24, 2.45) is 0 Å². The number of nitrogens with two attached hydrogens (primary N) is 1. The summed E-state index contributed by atoms with van der Waals surface area (Å²) in [5, 5.41) is 32.6. The molecular weight excluding hydrogens is 825 g/mol. The van der Waals surface area contributed by atoms with Crippen LogP contribution < -0.4 is 35.3 Å². The van der Waals surface area contributed by atoms with Gasteiger partial charge in [-0.05, 0) is 84.1 Å². The van der Waals surface area contributed by atoms with Crippen LogP contribution in [0.2, 0.25) is 0 Å². The molecule has 4 aromatic rings. The lowest BCUT2D eigenvalue weighted by atomic mass is 9.91. The van der Waals surface area contributed by atoms with Crippen LogP contribution in [-0.2, 0) is 16.0 Å². The standard InChI is InChI=1S/C23H25FN2O5.C13H13FN2O4.C9H13NO2/c1-14-10-20(30-2)21(31-3)12-16(14)11-19(28)18-13-26(8-9-27)23(29)25-22(18)15-4-6-17(24)7-5-15;14-9-3-1-8(2-4-9)11-10(12(18)19)7-16(5-6-17)13(20)15-11;1-6-4-8(11-2)9(12-3)5-7(6)10/h4-7,10,12-13,22,27H,8-9,11H2,1-3H3,(H,25,29);1-4,7,11,17H,5-6H2,(H,15,20)(H,18,19);4-5H,10H2,1-3H3. The second kappa shape index (κ2) is 22.6. The van der Waals surface area contributed by atoms with Crippen LogP contribution in [-0.4, -0.2) is 104 Å². The summed E-state index contributed by atoms with van der Waals surface area (Å²) in [5.41, 5.74) is 10.4. The number of carboxylic acid groups (broad SMARTS) is 1. The molecule has 2 aliphatic rings. The molecule has 2 atom stereocenters. The molecule has 0 bridgehead atoms. The van der Waals surface area contributed by atoms with Crippen molar-refractivity contribution < 1.29 is 62.2 Å². The third-order valence-corrected chi connectivity index (χ3v) is 9.89. The minimum atomic E-state index is -1.19. The topological polar surface area (TPSA) is 222 Å². The van der Waals surface area contributed by atoms with Crippen LogP contribution in [0.1, 0.15) is 39.9 Å². The number of aliphatic carboxylic acids is 1. The number of methoxy groups -OCH3 is 4. The van der Waals surface area contributed by atoms with Crippen molar-refractivity contribution in [2.75, 3.05) is 60.5 Å². The van der Waals surface area contributed by atoms with Crippen molar-refractivity contribution in [1.82, 2.24) is 20.4 Å². The summed E-state index contributed by atoms with van der Waals surface area (Å²) in [6, 6.07) is 15.5. The summed E-state index contributed by atoms with van der Waals surface area (Å²) < 4.78 is 47.1. The lowest BCUT2D eigenvalue weighted by Gasteiger charge is -2.31. The quantitative estimate of drug-likeness (QED) is 0.0883. The fraction of sp³-hybridized carbons (Fsp3) is 0.289. The number of nitrogens with zero attached hydrogens (tertiary/aromatic N) is 2. The number of nitrogen functional groups attached to an aromatic ring is 1. The first-order valence-electron chi connectivity index (χ1n) is 19.4. The predicted octanol–water partition coefficient (Wildman–Crippen LogP) is 5.35. The van der Waals surface area contributed by atoms with E-state index in [9.17, 15) is 38.2 Å². The Bertz CT molecular complexity index is 2290. The van der Waals surface area contributed by atoms with E-state index in [4.69, 9.17) is 29.8 Å². The highest BCUT2D eigenvalue weighted by Crippen LogP contribution is 2.34. The first-order chi connectivity index (χ1) is 30.1. The highest BCUT2D eigenvalue weighted by Gasteiger charge is 2.33. The molecule has 336 valence electrons. The molecule has 0 saturated carbocycles. The zero-order valence-corrected chi connectivity index (χ0v) is 35.6. The number of amides is 4. The number of β-amino-alcohol motifs (C(OH)–C–C–N with tert-alkyl or cyclic N) is 2. The van der Waals surface area contributed by atoms with Gasteiger partial charge in [0.05, 0.1) is 72.4 Å². The van der Waals surface area contributed by atoms with Crippen molar-refractivity contribution in [3.8, 4) is 23.0 Å². The van der Waals surface area contributed by atoms with Crippen molar-refractivity contribution in [2.45, 2.75) is 32.4 Å². The first kappa shape index (κ1) is 48.5. The molecule has 0 saturated heterocycles. The molecule has 7 N–H and O–H groups in total. The number of benzene rings is 4. The Morgan fingerprint density at radius 3 is 1.48 bits per heavy atom. The van der Waals surface area contributed by atoms with Gasteiger partial charge in [0, 0.05) is 36.1 Å². The molecule has 4 amide bonds. The van der Waals surface area contributed by atoms with Gasteiger partial charge in [-0.25, -0.2) is 23.2 Å². The molecule has 2 heterocycles. The number of aliphatic hydroxyl groups excluding tert-OH is 2. The van der Waals surface area contributed by atoms with Gasteiger partial charge in [0.1, 0.15) is 11.6 Å². The Kier molecular flexibility index (Phi) is 17.4. The van der Waals surface area contributed by atoms with E-state index in [1.165, 1.54) is 72.9 Å². The minimum absolute atomic E-state index is 0.00124. The average Bonchev–Trinajstić information content (AvgIpc) is 3.27. The predicted molar refractivity (Wildman–Crippen MR) is 228 cm³/mol. The van der Waals surface area contributed by atoms with E-state index in [-0.39, 0.29) is 44.1 Å². The average molecular weight is 876 g/mol. The summed E-state index contributed by atoms with van der Waals surface area (Å²) in [4.78, 5) is 51.2. The number of nitrogens with one attached hydrogen (secondary N) is 2. The molecule has 0 aromatic heterocycles. The number of halogens is 2. The van der Waals surface area contributed by atoms with Gasteiger partial charge < -0.3 is 50.6 Å². The summed E-state index contributed by atoms with van der Waals surface area (Å²) >= 11 is 0. The Labute approximate surface area is 363 Å². The van der Waals surface area contributed by atoms with Gasteiger partial charge in [-0.15, -0.1) is 0 Å². The van der Waals surface area contributed by atoms with Crippen molar-refractivity contribution in [3.05, 3.63) is 136 Å². The number of carboxylic acids is 1. The maximum atomic E-state index is 13.4. The molecule has 6 rings (SSSR count). The second-order valence-electron chi connectivity index (χ2n) is 14.0. The summed E-state index contributed by atoms with van der Waals surface area (Å²) in [6.45, 7) is 3.32. The van der Waals surface area contributed by atoms with Crippen LogP contribution in [0.25, 0.3) is 0 Å². The summed E-state index contributed by atoms with van der Waals surface area (Å²) in [6.07, 6.45) is 2.71. The van der Waals surface area contributed by atoms with E-state index < -0.39 is 41.7 Å². The van der Waals surface area contributed by atoms with E-state index in [1.54, 1.807) is 39.5 Å². The van der Waals surface area contributed by atoms with Crippen molar-refractivity contribution >= 4 is 29.5 Å². The Morgan fingerprint density at radius 2 is 1.05 bits per heavy atom. The number of hydrogen-bond acceptors (Lipinski definition) is 11. The fourth-order valence-corrected chi connectivity index (χ4v) is 6.45. The number of Topliss-reactive ketones (excluding diaryl/α,β-unsaturated/α-hetero) is 1. The molecule has 18 heteroatoms. The fourth-order valence-electron chi connectivity index (χ4n) is 6.45.